The van der Waals surface area contributed by atoms with Gasteiger partial charge < -0.3 is 5.11 Å². The highest BCUT2D eigenvalue weighted by atomic mass is 16.3. The maximum absolute atomic E-state index is 8.99. The van der Waals surface area contributed by atoms with Gasteiger partial charge in [-0.25, -0.2) is 0 Å². The average Bonchev–Trinajstić information content (AvgIpc) is 1.81. The summed E-state index contributed by atoms with van der Waals surface area (Å²) in [5, 5.41) is 8.99. The lowest BCUT2D eigenvalue weighted by Crippen LogP contribution is -2.50. The number of β-amino-alcohol motifs (C(OH)–C–C–N with tert-alkyl or cyclic N) is 1. The number of aliphatic hydroxyl groups is 1. The summed E-state index contributed by atoms with van der Waals surface area (Å²) in [6.07, 6.45) is -0.110. The van der Waals surface area contributed by atoms with Crippen LogP contribution in [0.2, 0.25) is 0 Å². The van der Waals surface area contributed by atoms with Crippen LogP contribution in [0.25, 0.3) is 0 Å². The summed E-state index contributed by atoms with van der Waals surface area (Å²) < 4.78 is 0. The molecule has 2 heteroatoms. The molecule has 1 heterocycles. The third-order valence-corrected chi connectivity index (χ3v) is 1.70. The maximum atomic E-state index is 8.99. The zero-order chi connectivity index (χ0) is 9.19. The Hall–Kier alpha value is -0.520. The lowest BCUT2D eigenvalue weighted by Gasteiger charge is -2.34. The summed E-state index contributed by atoms with van der Waals surface area (Å²) in [4.78, 5) is 2.14. The third kappa shape index (κ3) is 3.25. The Labute approximate surface area is 74.6 Å². The van der Waals surface area contributed by atoms with Crippen molar-refractivity contribution >= 4 is 0 Å². The van der Waals surface area contributed by atoms with Crippen LogP contribution in [0.3, 0.4) is 0 Å². The molecular weight excluding hydrogens is 150 g/mol. The second-order valence-corrected chi connectivity index (χ2v) is 4.40. The average molecular weight is 167 g/mol. The molecule has 12 heavy (non-hydrogen) atoms. The van der Waals surface area contributed by atoms with Gasteiger partial charge in [0.1, 0.15) is 0 Å². The molecule has 68 valence electrons. The first-order chi connectivity index (χ1) is 5.47. The third-order valence-electron chi connectivity index (χ3n) is 1.70. The Morgan fingerprint density at radius 2 is 2.00 bits per heavy atom. The van der Waals surface area contributed by atoms with Gasteiger partial charge in [0.25, 0.3) is 0 Å². The van der Waals surface area contributed by atoms with Crippen LogP contribution in [-0.4, -0.2) is 35.7 Å². The fourth-order valence-electron chi connectivity index (χ4n) is 1.09. The van der Waals surface area contributed by atoms with Crippen LogP contribution in [-0.2, 0) is 0 Å². The molecule has 0 spiro atoms. The van der Waals surface area contributed by atoms with Gasteiger partial charge in [-0.15, -0.1) is 0 Å². The van der Waals surface area contributed by atoms with Crippen LogP contribution in [0.5, 0.6) is 0 Å². The van der Waals surface area contributed by atoms with Crippen molar-refractivity contribution in [2.45, 2.75) is 26.9 Å². The molecule has 0 amide bonds. The van der Waals surface area contributed by atoms with Crippen molar-refractivity contribution in [2.75, 3.05) is 19.6 Å². The van der Waals surface area contributed by atoms with Crippen LogP contribution in [0.1, 0.15) is 20.8 Å². The van der Waals surface area contributed by atoms with Gasteiger partial charge in [0.15, 0.2) is 0 Å². The Morgan fingerprint density at radius 3 is 2.42 bits per heavy atom. The van der Waals surface area contributed by atoms with E-state index in [-0.39, 0.29) is 11.5 Å². The van der Waals surface area contributed by atoms with Gasteiger partial charge >= 0.3 is 0 Å². The highest BCUT2D eigenvalue weighted by molar-refractivity contribution is 5.09. The first-order valence-corrected chi connectivity index (χ1v) is 4.38. The van der Waals surface area contributed by atoms with Gasteiger partial charge in [0, 0.05) is 18.5 Å². The van der Waals surface area contributed by atoms with Crippen LogP contribution >= 0.6 is 0 Å². The van der Waals surface area contributed by atoms with Crippen LogP contribution in [0.4, 0.5) is 0 Å². The SMILES string of the molecule is CC(C)(C)C#CCN1CC(O)C1. The molecule has 0 atom stereocenters. The number of rotatable bonds is 1. The number of hydrogen-bond acceptors (Lipinski definition) is 2. The Bertz CT molecular complexity index is 200. The van der Waals surface area contributed by atoms with E-state index >= 15 is 0 Å². The predicted octanol–water partition coefficient (Wildman–Crippen LogP) is 0.712. The predicted molar refractivity (Wildman–Crippen MR) is 49.7 cm³/mol. The van der Waals surface area contributed by atoms with Gasteiger partial charge in [-0.3, -0.25) is 4.90 Å². The molecule has 1 saturated heterocycles. The number of hydrogen-bond donors (Lipinski definition) is 1. The first kappa shape index (κ1) is 9.57. The molecule has 1 aliphatic rings. The maximum Gasteiger partial charge on any atom is 0.0794 e. The normalized spacial score (nSPS) is 19.7. The minimum absolute atomic E-state index is 0.101. The molecule has 0 bridgehead atoms. The Balaban J connectivity index is 2.20. The number of likely N-dealkylation sites (tertiary alicyclic amines) is 1. The van der Waals surface area contributed by atoms with Crippen LogP contribution < -0.4 is 0 Å². The van der Waals surface area contributed by atoms with Crippen molar-refractivity contribution < 1.29 is 5.11 Å². The molecule has 0 saturated carbocycles. The zero-order valence-electron chi connectivity index (χ0n) is 8.09. The molecule has 2 nitrogen and oxygen atoms in total. The molecule has 0 aromatic heterocycles. The van der Waals surface area contributed by atoms with Gasteiger partial charge in [0.2, 0.25) is 0 Å². The second kappa shape index (κ2) is 3.47. The molecular formula is C10H17NO. The van der Waals surface area contributed by atoms with Crippen molar-refractivity contribution in [1.82, 2.24) is 4.90 Å². The first-order valence-electron chi connectivity index (χ1n) is 4.38. The molecule has 0 aromatic carbocycles. The van der Waals surface area contributed by atoms with E-state index in [1.807, 2.05) is 0 Å². The molecule has 0 aliphatic carbocycles. The van der Waals surface area contributed by atoms with E-state index in [0.717, 1.165) is 19.6 Å². The molecule has 0 aromatic rings. The van der Waals surface area contributed by atoms with E-state index < -0.39 is 0 Å². The van der Waals surface area contributed by atoms with Crippen LogP contribution in [0.15, 0.2) is 0 Å². The quantitative estimate of drug-likeness (QED) is 0.581. The van der Waals surface area contributed by atoms with Crippen molar-refractivity contribution in [3.05, 3.63) is 0 Å². The Kier molecular flexibility index (Phi) is 2.76. The van der Waals surface area contributed by atoms with E-state index in [2.05, 4.69) is 37.5 Å². The summed E-state index contributed by atoms with van der Waals surface area (Å²) in [5.74, 6) is 6.28. The molecule has 1 fully saturated rings. The summed E-state index contributed by atoms with van der Waals surface area (Å²) in [6, 6.07) is 0. The number of nitrogens with zero attached hydrogens (tertiary/aromatic N) is 1. The smallest absolute Gasteiger partial charge is 0.0794 e. The van der Waals surface area contributed by atoms with Crippen LogP contribution in [0, 0.1) is 17.3 Å². The van der Waals surface area contributed by atoms with Crippen molar-refractivity contribution in [1.29, 1.82) is 0 Å². The molecule has 0 radical (unpaired) electrons. The standard InChI is InChI=1S/C10H17NO/c1-10(2,3)5-4-6-11-7-9(12)8-11/h9,12H,6-8H2,1-3H3. The monoisotopic (exact) mass is 167 g/mol. The minimum Gasteiger partial charge on any atom is -0.390 e. The number of aliphatic hydroxyl groups excluding tert-OH is 1. The largest absolute Gasteiger partial charge is 0.390 e. The minimum atomic E-state index is -0.110. The van der Waals surface area contributed by atoms with Crippen molar-refractivity contribution in [3.63, 3.8) is 0 Å². The molecule has 1 aliphatic heterocycles. The van der Waals surface area contributed by atoms with Gasteiger partial charge in [-0.05, 0) is 20.8 Å². The summed E-state index contributed by atoms with van der Waals surface area (Å²) in [7, 11) is 0. The van der Waals surface area contributed by atoms with E-state index in [9.17, 15) is 0 Å². The summed E-state index contributed by atoms with van der Waals surface area (Å²) >= 11 is 0. The van der Waals surface area contributed by atoms with E-state index in [0.29, 0.717) is 0 Å². The zero-order valence-corrected chi connectivity index (χ0v) is 8.09. The molecule has 1 rings (SSSR count). The lowest BCUT2D eigenvalue weighted by molar-refractivity contribution is 0.0111. The lowest BCUT2D eigenvalue weighted by atomic mass is 9.98. The fraction of sp³-hybridized carbons (Fsp3) is 0.800. The van der Waals surface area contributed by atoms with E-state index in [1.165, 1.54) is 0 Å². The van der Waals surface area contributed by atoms with E-state index in [4.69, 9.17) is 5.11 Å². The van der Waals surface area contributed by atoms with Gasteiger partial charge in [0.05, 0.1) is 12.6 Å². The topological polar surface area (TPSA) is 23.5 Å². The van der Waals surface area contributed by atoms with Crippen molar-refractivity contribution in [3.8, 4) is 11.8 Å². The van der Waals surface area contributed by atoms with Gasteiger partial charge in [-0.2, -0.15) is 0 Å². The Morgan fingerprint density at radius 1 is 1.42 bits per heavy atom. The summed E-state index contributed by atoms with van der Waals surface area (Å²) in [5.41, 5.74) is 0.101. The van der Waals surface area contributed by atoms with Crippen molar-refractivity contribution in [2.24, 2.45) is 5.41 Å². The molecule has 1 N–H and O–H groups in total. The van der Waals surface area contributed by atoms with Gasteiger partial charge in [-0.1, -0.05) is 11.8 Å². The second-order valence-electron chi connectivity index (χ2n) is 4.40. The summed E-state index contributed by atoms with van der Waals surface area (Å²) in [6.45, 7) is 8.69. The highest BCUT2D eigenvalue weighted by Crippen LogP contribution is 2.10. The fourth-order valence-corrected chi connectivity index (χ4v) is 1.09. The molecule has 0 unspecified atom stereocenters. The van der Waals surface area contributed by atoms with E-state index in [1.54, 1.807) is 0 Å². The highest BCUT2D eigenvalue weighted by Gasteiger charge is 2.22.